The molecule has 4 nitrogen and oxygen atoms in total. The molecule has 1 atom stereocenters. The molecule has 0 aromatic heterocycles. The second-order valence-electron chi connectivity index (χ2n) is 5.05. The van der Waals surface area contributed by atoms with Crippen LogP contribution in [-0.4, -0.2) is 33.2 Å². The lowest BCUT2D eigenvalue weighted by Crippen LogP contribution is -2.31. The van der Waals surface area contributed by atoms with Gasteiger partial charge in [0.25, 0.3) is 0 Å². The Morgan fingerprint density at radius 2 is 2.11 bits per heavy atom. The lowest BCUT2D eigenvalue weighted by molar-refractivity contribution is -0.142. The fraction of sp³-hybridized carbons (Fsp3) is 0.533. The summed E-state index contributed by atoms with van der Waals surface area (Å²) in [7, 11) is 5.45. The van der Waals surface area contributed by atoms with Gasteiger partial charge in [-0.3, -0.25) is 4.79 Å². The number of methoxy groups -OCH3 is 1. The first kappa shape index (κ1) is 15.5. The molecule has 1 unspecified atom stereocenters. The standard InChI is InChI=1S/C15H24N2O2/c1-11-8-9-12(14(10-11)17(2)3)6-5-7-13(16)15(18)19-4/h8-10,13H,5-7,16H2,1-4H3. The Kier molecular flexibility index (Phi) is 5.83. The van der Waals surface area contributed by atoms with E-state index >= 15 is 0 Å². The molecule has 0 fully saturated rings. The SMILES string of the molecule is COC(=O)C(N)CCCc1ccc(C)cc1N(C)C. The summed E-state index contributed by atoms with van der Waals surface area (Å²) in [6, 6.07) is 5.92. The molecule has 0 saturated heterocycles. The summed E-state index contributed by atoms with van der Waals surface area (Å²) in [6.45, 7) is 2.09. The zero-order valence-corrected chi connectivity index (χ0v) is 12.3. The van der Waals surface area contributed by atoms with Crippen molar-refractivity contribution in [3.8, 4) is 0 Å². The summed E-state index contributed by atoms with van der Waals surface area (Å²) in [5, 5.41) is 0. The summed E-state index contributed by atoms with van der Waals surface area (Å²) in [5.74, 6) is -0.336. The largest absolute Gasteiger partial charge is 0.468 e. The van der Waals surface area contributed by atoms with Gasteiger partial charge in [-0.15, -0.1) is 0 Å². The first-order valence-corrected chi connectivity index (χ1v) is 6.56. The van der Waals surface area contributed by atoms with Crippen LogP contribution >= 0.6 is 0 Å². The van der Waals surface area contributed by atoms with Crippen LogP contribution < -0.4 is 10.6 Å². The quantitative estimate of drug-likeness (QED) is 0.797. The van der Waals surface area contributed by atoms with Gasteiger partial charge in [-0.05, 0) is 43.4 Å². The first-order chi connectivity index (χ1) is 8.95. The minimum atomic E-state index is -0.516. The summed E-state index contributed by atoms with van der Waals surface area (Å²) in [4.78, 5) is 13.3. The Morgan fingerprint density at radius 1 is 1.42 bits per heavy atom. The number of ether oxygens (including phenoxy) is 1. The molecule has 1 rings (SSSR count). The number of nitrogens with zero attached hydrogens (tertiary/aromatic N) is 1. The monoisotopic (exact) mass is 264 g/mol. The van der Waals surface area contributed by atoms with Crippen molar-refractivity contribution >= 4 is 11.7 Å². The van der Waals surface area contributed by atoms with Gasteiger partial charge in [-0.1, -0.05) is 12.1 Å². The van der Waals surface area contributed by atoms with Crippen LogP contribution in [0.5, 0.6) is 0 Å². The number of anilines is 1. The van der Waals surface area contributed by atoms with E-state index in [-0.39, 0.29) is 5.97 Å². The number of hydrogen-bond donors (Lipinski definition) is 1. The van der Waals surface area contributed by atoms with Gasteiger partial charge >= 0.3 is 5.97 Å². The van der Waals surface area contributed by atoms with Gasteiger partial charge in [0.1, 0.15) is 6.04 Å². The van der Waals surface area contributed by atoms with Crippen LogP contribution in [0.3, 0.4) is 0 Å². The molecule has 0 aliphatic carbocycles. The van der Waals surface area contributed by atoms with E-state index in [0.717, 1.165) is 12.8 Å². The molecule has 0 saturated carbocycles. The van der Waals surface area contributed by atoms with E-state index in [1.807, 2.05) is 14.1 Å². The third kappa shape index (κ3) is 4.56. The van der Waals surface area contributed by atoms with Crippen molar-refractivity contribution in [3.05, 3.63) is 29.3 Å². The number of rotatable bonds is 6. The molecule has 0 aliphatic heterocycles. The van der Waals surface area contributed by atoms with Crippen LogP contribution in [-0.2, 0) is 16.0 Å². The van der Waals surface area contributed by atoms with Crippen molar-refractivity contribution in [3.63, 3.8) is 0 Å². The molecule has 0 radical (unpaired) electrons. The maximum atomic E-state index is 11.2. The molecule has 0 heterocycles. The number of hydrogen-bond acceptors (Lipinski definition) is 4. The molecular formula is C15H24N2O2. The highest BCUT2D eigenvalue weighted by atomic mass is 16.5. The summed E-state index contributed by atoms with van der Waals surface area (Å²) >= 11 is 0. The van der Waals surface area contributed by atoms with E-state index in [9.17, 15) is 4.79 Å². The van der Waals surface area contributed by atoms with Gasteiger partial charge in [0, 0.05) is 19.8 Å². The zero-order chi connectivity index (χ0) is 14.4. The average molecular weight is 264 g/mol. The Labute approximate surface area is 115 Å². The predicted molar refractivity (Wildman–Crippen MR) is 78.4 cm³/mol. The van der Waals surface area contributed by atoms with Crippen molar-refractivity contribution in [2.45, 2.75) is 32.2 Å². The average Bonchev–Trinajstić information content (AvgIpc) is 2.38. The fourth-order valence-corrected chi connectivity index (χ4v) is 2.08. The van der Waals surface area contributed by atoms with Gasteiger partial charge < -0.3 is 15.4 Å². The summed E-state index contributed by atoms with van der Waals surface area (Å²) in [5.41, 5.74) is 9.49. The lowest BCUT2D eigenvalue weighted by atomic mass is 10.0. The van der Waals surface area contributed by atoms with E-state index in [0.29, 0.717) is 6.42 Å². The molecule has 4 heteroatoms. The molecule has 0 aliphatic rings. The lowest BCUT2D eigenvalue weighted by Gasteiger charge is -2.18. The number of carbonyl (C=O) groups excluding carboxylic acids is 1. The minimum absolute atomic E-state index is 0.336. The molecule has 1 aromatic carbocycles. The number of benzene rings is 1. The molecule has 106 valence electrons. The van der Waals surface area contributed by atoms with Crippen molar-refractivity contribution in [1.29, 1.82) is 0 Å². The Morgan fingerprint density at radius 3 is 2.68 bits per heavy atom. The molecule has 0 amide bonds. The van der Waals surface area contributed by atoms with Crippen LogP contribution in [0.2, 0.25) is 0 Å². The van der Waals surface area contributed by atoms with Gasteiger partial charge in [-0.25, -0.2) is 0 Å². The highest BCUT2D eigenvalue weighted by molar-refractivity contribution is 5.75. The molecular weight excluding hydrogens is 240 g/mol. The zero-order valence-electron chi connectivity index (χ0n) is 12.3. The molecule has 2 N–H and O–H groups in total. The normalized spacial score (nSPS) is 12.1. The van der Waals surface area contributed by atoms with Crippen LogP contribution in [0.25, 0.3) is 0 Å². The third-order valence-electron chi connectivity index (χ3n) is 3.19. The van der Waals surface area contributed by atoms with Crippen LogP contribution in [0.15, 0.2) is 18.2 Å². The smallest absolute Gasteiger partial charge is 0.322 e. The fourth-order valence-electron chi connectivity index (χ4n) is 2.08. The van der Waals surface area contributed by atoms with Gasteiger partial charge in [-0.2, -0.15) is 0 Å². The van der Waals surface area contributed by atoms with Crippen molar-refractivity contribution in [2.75, 3.05) is 26.1 Å². The maximum Gasteiger partial charge on any atom is 0.322 e. The van der Waals surface area contributed by atoms with E-state index in [1.165, 1.54) is 23.9 Å². The van der Waals surface area contributed by atoms with Crippen LogP contribution in [0.4, 0.5) is 5.69 Å². The second-order valence-corrected chi connectivity index (χ2v) is 5.05. The topological polar surface area (TPSA) is 55.6 Å². The van der Waals surface area contributed by atoms with Crippen molar-refractivity contribution < 1.29 is 9.53 Å². The predicted octanol–water partition coefficient (Wildman–Crippen LogP) is 1.88. The summed E-state index contributed by atoms with van der Waals surface area (Å²) in [6.07, 6.45) is 2.44. The van der Waals surface area contributed by atoms with Crippen LogP contribution in [0.1, 0.15) is 24.0 Å². The van der Waals surface area contributed by atoms with Gasteiger partial charge in [0.05, 0.1) is 7.11 Å². The number of esters is 1. The van der Waals surface area contributed by atoms with Crippen LogP contribution in [0, 0.1) is 6.92 Å². The third-order valence-corrected chi connectivity index (χ3v) is 3.19. The molecule has 1 aromatic rings. The van der Waals surface area contributed by atoms with Gasteiger partial charge in [0.2, 0.25) is 0 Å². The second kappa shape index (κ2) is 7.14. The Balaban J connectivity index is 2.60. The molecule has 19 heavy (non-hydrogen) atoms. The maximum absolute atomic E-state index is 11.2. The number of aryl methyl sites for hydroxylation is 2. The first-order valence-electron chi connectivity index (χ1n) is 6.56. The van der Waals surface area contributed by atoms with E-state index < -0.39 is 6.04 Å². The van der Waals surface area contributed by atoms with Crippen molar-refractivity contribution in [1.82, 2.24) is 0 Å². The van der Waals surface area contributed by atoms with Crippen molar-refractivity contribution in [2.24, 2.45) is 5.73 Å². The minimum Gasteiger partial charge on any atom is -0.468 e. The van der Waals surface area contributed by atoms with Gasteiger partial charge in [0.15, 0.2) is 0 Å². The highest BCUT2D eigenvalue weighted by Gasteiger charge is 2.13. The Hall–Kier alpha value is -1.55. The number of nitrogens with two attached hydrogens (primary N) is 1. The Bertz CT molecular complexity index is 430. The number of carbonyl (C=O) groups is 1. The summed E-state index contributed by atoms with van der Waals surface area (Å²) < 4.78 is 4.62. The molecule has 0 bridgehead atoms. The molecule has 0 spiro atoms. The van der Waals surface area contributed by atoms with E-state index in [1.54, 1.807) is 0 Å². The van der Waals surface area contributed by atoms with E-state index in [2.05, 4.69) is 34.8 Å². The van der Waals surface area contributed by atoms with E-state index in [4.69, 9.17) is 5.73 Å². The highest BCUT2D eigenvalue weighted by Crippen LogP contribution is 2.22.